The third-order valence-corrected chi connectivity index (χ3v) is 6.12. The van der Waals surface area contributed by atoms with Crippen molar-refractivity contribution in [2.24, 2.45) is 0 Å². The largest absolute Gasteiger partial charge is 0.507 e. The normalized spacial score (nSPS) is 17.3. The Bertz CT molecular complexity index is 1360. The van der Waals surface area contributed by atoms with E-state index < -0.39 is 17.7 Å². The van der Waals surface area contributed by atoms with Crippen LogP contribution in [0.25, 0.3) is 5.76 Å². The molecular weight excluding hydrogens is 440 g/mol. The molecule has 4 rings (SSSR count). The van der Waals surface area contributed by atoms with Crippen LogP contribution in [-0.4, -0.2) is 23.9 Å². The molecule has 0 saturated carbocycles. The molecule has 6 heteroatoms. The molecule has 0 aliphatic carbocycles. The SMILES string of the molecule is COc1ccc(/C(O)=C2/C(=O)C(=O)N(c3ccc(C#N)cc3)C2c2ccccc2)cc1C(C)(C)C. The number of Topliss-reactive ketones (excluding diaryl/α,β-unsaturated/α-hetero) is 1. The summed E-state index contributed by atoms with van der Waals surface area (Å²) in [4.78, 5) is 28.0. The molecule has 1 N–H and O–H groups in total. The fraction of sp³-hybridized carbons (Fsp3) is 0.207. The second-order valence-corrected chi connectivity index (χ2v) is 9.40. The minimum Gasteiger partial charge on any atom is -0.507 e. The van der Waals surface area contributed by atoms with E-state index in [0.29, 0.717) is 28.1 Å². The lowest BCUT2D eigenvalue weighted by atomic mass is 9.84. The Hall–Kier alpha value is -4.37. The van der Waals surface area contributed by atoms with Crippen molar-refractivity contribution in [3.8, 4) is 11.8 Å². The van der Waals surface area contributed by atoms with Crippen molar-refractivity contribution in [2.45, 2.75) is 32.2 Å². The number of aliphatic hydroxyl groups is 1. The summed E-state index contributed by atoms with van der Waals surface area (Å²) in [7, 11) is 1.59. The van der Waals surface area contributed by atoms with E-state index in [9.17, 15) is 14.7 Å². The Kier molecular flexibility index (Phi) is 6.19. The van der Waals surface area contributed by atoms with Crippen LogP contribution >= 0.6 is 0 Å². The van der Waals surface area contributed by atoms with E-state index in [1.54, 1.807) is 49.6 Å². The molecule has 0 spiro atoms. The molecule has 1 heterocycles. The average Bonchev–Trinajstić information content (AvgIpc) is 3.13. The van der Waals surface area contributed by atoms with Crippen LogP contribution < -0.4 is 9.64 Å². The molecule has 1 amide bonds. The van der Waals surface area contributed by atoms with Gasteiger partial charge in [0, 0.05) is 16.8 Å². The number of amides is 1. The van der Waals surface area contributed by atoms with Crippen LogP contribution in [0.4, 0.5) is 5.69 Å². The summed E-state index contributed by atoms with van der Waals surface area (Å²) in [6.07, 6.45) is 0. The van der Waals surface area contributed by atoms with E-state index in [4.69, 9.17) is 10.00 Å². The van der Waals surface area contributed by atoms with E-state index in [0.717, 1.165) is 5.56 Å². The summed E-state index contributed by atoms with van der Waals surface area (Å²) in [6.45, 7) is 6.09. The van der Waals surface area contributed by atoms with Gasteiger partial charge in [-0.2, -0.15) is 5.26 Å². The van der Waals surface area contributed by atoms with Crippen molar-refractivity contribution in [3.63, 3.8) is 0 Å². The van der Waals surface area contributed by atoms with Crippen LogP contribution in [0.2, 0.25) is 0 Å². The molecule has 0 aromatic heterocycles. The number of ketones is 1. The zero-order chi connectivity index (χ0) is 25.3. The zero-order valence-electron chi connectivity index (χ0n) is 20.1. The minimum absolute atomic E-state index is 0.00980. The first-order chi connectivity index (χ1) is 16.7. The summed E-state index contributed by atoms with van der Waals surface area (Å²) < 4.78 is 5.50. The van der Waals surface area contributed by atoms with Crippen LogP contribution in [0.1, 0.15) is 49.1 Å². The monoisotopic (exact) mass is 466 g/mol. The molecule has 3 aromatic carbocycles. The van der Waals surface area contributed by atoms with Crippen molar-refractivity contribution in [3.05, 3.63) is 101 Å². The van der Waals surface area contributed by atoms with Crippen molar-refractivity contribution in [1.29, 1.82) is 5.26 Å². The first kappa shape index (κ1) is 23.8. The molecule has 1 saturated heterocycles. The highest BCUT2D eigenvalue weighted by molar-refractivity contribution is 6.51. The molecule has 0 bridgehead atoms. The number of carbonyl (C=O) groups excluding carboxylic acids is 2. The Morgan fingerprint density at radius 2 is 1.66 bits per heavy atom. The van der Waals surface area contributed by atoms with Gasteiger partial charge in [-0.05, 0) is 53.4 Å². The van der Waals surface area contributed by atoms with Gasteiger partial charge in [-0.15, -0.1) is 0 Å². The van der Waals surface area contributed by atoms with Gasteiger partial charge in [-0.25, -0.2) is 0 Å². The van der Waals surface area contributed by atoms with Gasteiger partial charge < -0.3 is 9.84 Å². The summed E-state index contributed by atoms with van der Waals surface area (Å²) in [6, 6.07) is 22.0. The molecule has 3 aromatic rings. The van der Waals surface area contributed by atoms with Gasteiger partial charge in [0.2, 0.25) is 0 Å². The number of rotatable bonds is 4. The predicted molar refractivity (Wildman–Crippen MR) is 134 cm³/mol. The maximum Gasteiger partial charge on any atom is 0.300 e. The molecule has 1 aliphatic rings. The number of ether oxygens (including phenoxy) is 1. The predicted octanol–water partition coefficient (Wildman–Crippen LogP) is 5.49. The summed E-state index contributed by atoms with van der Waals surface area (Å²) in [5, 5.41) is 20.6. The van der Waals surface area contributed by atoms with E-state index in [-0.39, 0.29) is 16.7 Å². The van der Waals surface area contributed by atoms with Crippen molar-refractivity contribution >= 4 is 23.1 Å². The van der Waals surface area contributed by atoms with Gasteiger partial charge in [0.25, 0.3) is 11.7 Å². The highest BCUT2D eigenvalue weighted by atomic mass is 16.5. The van der Waals surface area contributed by atoms with Crippen molar-refractivity contribution in [1.82, 2.24) is 0 Å². The number of hydrogen-bond donors (Lipinski definition) is 1. The number of hydrogen-bond acceptors (Lipinski definition) is 5. The number of carbonyl (C=O) groups is 2. The van der Waals surface area contributed by atoms with Crippen molar-refractivity contribution < 1.29 is 19.4 Å². The lowest BCUT2D eigenvalue weighted by Crippen LogP contribution is -2.29. The zero-order valence-corrected chi connectivity index (χ0v) is 20.1. The van der Waals surface area contributed by atoms with E-state index in [1.807, 2.05) is 51.1 Å². The lowest BCUT2D eigenvalue weighted by molar-refractivity contribution is -0.132. The van der Waals surface area contributed by atoms with Gasteiger partial charge in [-0.3, -0.25) is 14.5 Å². The smallest absolute Gasteiger partial charge is 0.300 e. The molecule has 1 unspecified atom stereocenters. The molecule has 1 atom stereocenters. The number of anilines is 1. The number of nitriles is 1. The molecule has 0 radical (unpaired) electrons. The van der Waals surface area contributed by atoms with Crippen LogP contribution in [0.5, 0.6) is 5.75 Å². The maximum absolute atomic E-state index is 13.3. The average molecular weight is 467 g/mol. The van der Waals surface area contributed by atoms with E-state index in [2.05, 4.69) is 6.07 Å². The van der Waals surface area contributed by atoms with E-state index in [1.165, 1.54) is 4.90 Å². The van der Waals surface area contributed by atoms with Crippen molar-refractivity contribution in [2.75, 3.05) is 12.0 Å². The topological polar surface area (TPSA) is 90.6 Å². The fourth-order valence-corrected chi connectivity index (χ4v) is 4.34. The van der Waals surface area contributed by atoms with Gasteiger partial charge in [0.05, 0.1) is 30.4 Å². The lowest BCUT2D eigenvalue weighted by Gasteiger charge is -2.26. The molecule has 176 valence electrons. The molecule has 35 heavy (non-hydrogen) atoms. The minimum atomic E-state index is -0.829. The molecule has 6 nitrogen and oxygen atoms in total. The highest BCUT2D eigenvalue weighted by Crippen LogP contribution is 2.43. The summed E-state index contributed by atoms with van der Waals surface area (Å²) in [5.74, 6) is -1.09. The second-order valence-electron chi connectivity index (χ2n) is 9.40. The van der Waals surface area contributed by atoms with Crippen LogP contribution in [0.15, 0.2) is 78.4 Å². The Morgan fingerprint density at radius 3 is 2.23 bits per heavy atom. The fourth-order valence-electron chi connectivity index (χ4n) is 4.34. The standard InChI is InChI=1S/C29H26N2O4/c1-29(2,3)22-16-20(12-15-23(22)35-4)26(32)24-25(19-8-6-5-7-9-19)31(28(34)27(24)33)21-13-10-18(17-30)11-14-21/h5-16,25,32H,1-4H3/b26-24-. The number of benzene rings is 3. The molecule has 1 aliphatic heterocycles. The molecule has 1 fully saturated rings. The third kappa shape index (κ3) is 4.29. The number of aliphatic hydroxyl groups excluding tert-OH is 1. The Labute approximate surface area is 204 Å². The first-order valence-electron chi connectivity index (χ1n) is 11.2. The summed E-state index contributed by atoms with van der Waals surface area (Å²) >= 11 is 0. The van der Waals surface area contributed by atoms with Gasteiger partial charge >= 0.3 is 0 Å². The molecular formula is C29H26N2O4. The van der Waals surface area contributed by atoms with Crippen LogP contribution in [-0.2, 0) is 15.0 Å². The van der Waals surface area contributed by atoms with Crippen LogP contribution in [0.3, 0.4) is 0 Å². The van der Waals surface area contributed by atoms with Gasteiger partial charge in [0.15, 0.2) is 0 Å². The Balaban J connectivity index is 1.94. The van der Waals surface area contributed by atoms with Gasteiger partial charge in [0.1, 0.15) is 11.5 Å². The maximum atomic E-state index is 13.3. The van der Waals surface area contributed by atoms with Gasteiger partial charge in [-0.1, -0.05) is 51.1 Å². The highest BCUT2D eigenvalue weighted by Gasteiger charge is 2.47. The second kappa shape index (κ2) is 9.11. The summed E-state index contributed by atoms with van der Waals surface area (Å²) in [5.41, 5.74) is 2.60. The quantitative estimate of drug-likeness (QED) is 0.312. The third-order valence-electron chi connectivity index (χ3n) is 6.12. The first-order valence-corrected chi connectivity index (χ1v) is 11.2. The van der Waals surface area contributed by atoms with Crippen LogP contribution in [0, 0.1) is 11.3 Å². The number of methoxy groups -OCH3 is 1. The van der Waals surface area contributed by atoms with E-state index >= 15 is 0 Å². The number of nitrogens with zero attached hydrogens (tertiary/aromatic N) is 2. The Morgan fingerprint density at radius 1 is 1.00 bits per heavy atom.